The number of nitrogens with zero attached hydrogens (tertiary/aromatic N) is 2. The summed E-state index contributed by atoms with van der Waals surface area (Å²) in [5.74, 6) is -3.33. The summed E-state index contributed by atoms with van der Waals surface area (Å²) in [6, 6.07) is 0. The number of hydrogen-bond donors (Lipinski definition) is 0. The first kappa shape index (κ1) is 22.0. The predicted molar refractivity (Wildman–Crippen MR) is 76.0 cm³/mol. The Morgan fingerprint density at radius 2 is 1.76 bits per heavy atom. The van der Waals surface area contributed by atoms with Gasteiger partial charge in [-0.2, -0.15) is 34.8 Å². The van der Waals surface area contributed by atoms with E-state index in [0.29, 0.717) is 12.8 Å². The minimum Gasteiger partial charge on any atom is -0.258 e. The maximum Gasteiger partial charge on any atom is 0.521 e. The van der Waals surface area contributed by atoms with Crippen LogP contribution in [0.4, 0.5) is 26.3 Å². The van der Waals surface area contributed by atoms with E-state index in [-0.39, 0.29) is 38.4 Å². The molecule has 148 valence electrons. The van der Waals surface area contributed by atoms with Crippen LogP contribution >= 0.6 is 0 Å². The summed E-state index contributed by atoms with van der Waals surface area (Å²) >= 11 is 0. The number of carbonyl (C=O) groups is 1. The number of amides is 1. The summed E-state index contributed by atoms with van der Waals surface area (Å²) in [6.45, 7) is 2.42. The Bertz CT molecular complexity index is 590. The molecule has 0 bridgehead atoms. The minimum atomic E-state index is -6.50. The molecule has 1 heterocycles. The van der Waals surface area contributed by atoms with Crippen LogP contribution in [0.25, 0.3) is 0 Å². The third-order valence-corrected chi connectivity index (χ3v) is 5.72. The molecule has 0 saturated carbocycles. The Kier molecular flexibility index (Phi) is 6.42. The number of sulfonamides is 1. The van der Waals surface area contributed by atoms with Gasteiger partial charge in [-0.3, -0.25) is 4.79 Å². The van der Waals surface area contributed by atoms with Crippen molar-refractivity contribution in [2.75, 3.05) is 19.6 Å². The van der Waals surface area contributed by atoms with Crippen LogP contribution in [0.3, 0.4) is 0 Å². The third kappa shape index (κ3) is 4.57. The van der Waals surface area contributed by atoms with Crippen molar-refractivity contribution in [3.05, 3.63) is 0 Å². The lowest BCUT2D eigenvalue weighted by atomic mass is 9.99. The van der Waals surface area contributed by atoms with E-state index < -0.39 is 36.6 Å². The van der Waals surface area contributed by atoms with Gasteiger partial charge in [0.2, 0.25) is 0 Å². The van der Waals surface area contributed by atoms with Crippen LogP contribution in [-0.2, 0) is 14.8 Å². The highest BCUT2D eigenvalue weighted by Crippen LogP contribution is 2.38. The molecule has 0 aromatic rings. The highest BCUT2D eigenvalue weighted by molar-refractivity contribution is 7.90. The average molecular weight is 399 g/mol. The van der Waals surface area contributed by atoms with Gasteiger partial charge >= 0.3 is 27.6 Å². The third-order valence-electron chi connectivity index (χ3n) is 4.17. The van der Waals surface area contributed by atoms with Gasteiger partial charge in [0.05, 0.1) is 0 Å². The first-order valence-corrected chi connectivity index (χ1v) is 9.22. The van der Waals surface area contributed by atoms with Crippen molar-refractivity contribution in [3.63, 3.8) is 0 Å². The van der Waals surface area contributed by atoms with E-state index in [1.807, 2.05) is 0 Å². The van der Waals surface area contributed by atoms with E-state index in [0.717, 1.165) is 0 Å². The van der Waals surface area contributed by atoms with Gasteiger partial charge in [0.15, 0.2) is 0 Å². The molecule has 1 amide bonds. The summed E-state index contributed by atoms with van der Waals surface area (Å²) in [6.07, 6.45) is -4.38. The maximum atomic E-state index is 13.0. The lowest BCUT2D eigenvalue weighted by molar-refractivity contribution is -1.01. The van der Waals surface area contributed by atoms with Gasteiger partial charge in [-0.05, 0) is 19.3 Å². The summed E-state index contributed by atoms with van der Waals surface area (Å²) in [5, 5.41) is 0. The quantitative estimate of drug-likeness (QED) is 0.527. The zero-order chi connectivity index (χ0) is 19.7. The summed E-state index contributed by atoms with van der Waals surface area (Å²) in [4.78, 5) is 11.7. The fourth-order valence-electron chi connectivity index (χ4n) is 3.14. The SMILES string of the molecule is CCCC[N+]1(N(C(=O)C(F)(F)F)S(=O)(=O)C(F)(F)F)CCCC(C)C1. The Morgan fingerprint density at radius 3 is 2.16 bits per heavy atom. The molecule has 5 nitrogen and oxygen atoms in total. The standard InChI is InChI=1S/C13H21F6N2O3S/c1-3-4-7-21(8-5-6-10(2)9-21)20(11(22)12(14,15)16)25(23,24)13(17,18)19/h10H,3-9H2,1-2H3/q+1. The van der Waals surface area contributed by atoms with Gasteiger partial charge in [0, 0.05) is 5.92 Å². The van der Waals surface area contributed by atoms with Gasteiger partial charge < -0.3 is 0 Å². The molecular weight excluding hydrogens is 378 g/mol. The molecule has 1 fully saturated rings. The van der Waals surface area contributed by atoms with Crippen molar-refractivity contribution >= 4 is 15.9 Å². The Balaban J connectivity index is 3.58. The second kappa shape index (κ2) is 7.29. The van der Waals surface area contributed by atoms with E-state index in [1.54, 1.807) is 13.8 Å². The van der Waals surface area contributed by atoms with Crippen molar-refractivity contribution in [3.8, 4) is 0 Å². The molecule has 25 heavy (non-hydrogen) atoms. The molecule has 0 radical (unpaired) electrons. The van der Waals surface area contributed by atoms with Crippen molar-refractivity contribution in [1.82, 2.24) is 4.41 Å². The molecule has 1 aliphatic rings. The monoisotopic (exact) mass is 399 g/mol. The van der Waals surface area contributed by atoms with Crippen molar-refractivity contribution < 1.29 is 44.1 Å². The van der Waals surface area contributed by atoms with Gasteiger partial charge in [-0.15, -0.1) is 0 Å². The van der Waals surface area contributed by atoms with Crippen molar-refractivity contribution in [2.45, 2.75) is 51.2 Å². The molecule has 2 atom stereocenters. The number of rotatable bonds is 5. The van der Waals surface area contributed by atoms with E-state index in [1.165, 1.54) is 0 Å². The van der Waals surface area contributed by atoms with Crippen LogP contribution in [0.2, 0.25) is 0 Å². The highest BCUT2D eigenvalue weighted by atomic mass is 32.2. The molecule has 0 aromatic carbocycles. The van der Waals surface area contributed by atoms with E-state index in [4.69, 9.17) is 0 Å². The first-order valence-electron chi connectivity index (χ1n) is 7.78. The largest absolute Gasteiger partial charge is 0.521 e. The zero-order valence-electron chi connectivity index (χ0n) is 13.8. The van der Waals surface area contributed by atoms with Gasteiger partial charge in [0.1, 0.15) is 19.6 Å². The second-order valence-corrected chi connectivity index (χ2v) is 8.08. The fourth-order valence-corrected chi connectivity index (χ4v) is 4.35. The molecule has 0 aliphatic carbocycles. The van der Waals surface area contributed by atoms with Gasteiger partial charge in [-0.1, -0.05) is 24.7 Å². The number of alkyl halides is 6. The first-order chi connectivity index (χ1) is 11.2. The molecule has 12 heteroatoms. The second-order valence-electron chi connectivity index (χ2n) is 6.32. The average Bonchev–Trinajstić information content (AvgIpc) is 2.42. The fraction of sp³-hybridized carbons (Fsp3) is 0.923. The molecule has 1 saturated heterocycles. The predicted octanol–water partition coefficient (Wildman–Crippen LogP) is 3.19. The number of halogens is 6. The maximum absolute atomic E-state index is 13.0. The summed E-state index contributed by atoms with van der Waals surface area (Å²) in [5.41, 5.74) is -6.01. The highest BCUT2D eigenvalue weighted by Gasteiger charge is 2.65. The Morgan fingerprint density at radius 1 is 1.20 bits per heavy atom. The van der Waals surface area contributed by atoms with Crippen LogP contribution in [-0.4, -0.2) is 54.7 Å². The van der Waals surface area contributed by atoms with Crippen molar-refractivity contribution in [2.24, 2.45) is 5.92 Å². The van der Waals surface area contributed by atoms with E-state index in [9.17, 15) is 39.6 Å². The minimum absolute atomic E-state index is 0.182. The molecular formula is C13H21F6N2O3S+. The van der Waals surface area contributed by atoms with Gasteiger partial charge in [0.25, 0.3) is 0 Å². The van der Waals surface area contributed by atoms with Crippen LogP contribution in [0.1, 0.15) is 39.5 Å². The molecule has 0 spiro atoms. The summed E-state index contributed by atoms with van der Waals surface area (Å²) in [7, 11) is -6.50. The van der Waals surface area contributed by atoms with Crippen molar-refractivity contribution in [1.29, 1.82) is 0 Å². The van der Waals surface area contributed by atoms with E-state index >= 15 is 0 Å². The zero-order valence-corrected chi connectivity index (χ0v) is 14.6. The van der Waals surface area contributed by atoms with Crippen LogP contribution in [0, 0.1) is 5.92 Å². The lowest BCUT2D eigenvalue weighted by Gasteiger charge is -2.47. The van der Waals surface area contributed by atoms with Crippen LogP contribution in [0.15, 0.2) is 0 Å². The van der Waals surface area contributed by atoms with Crippen LogP contribution in [0.5, 0.6) is 0 Å². The molecule has 2 unspecified atom stereocenters. The number of quaternary nitrogens is 1. The number of piperidine rings is 1. The lowest BCUT2D eigenvalue weighted by Crippen LogP contribution is -2.70. The van der Waals surface area contributed by atoms with E-state index in [2.05, 4.69) is 0 Å². The number of hydrogen-bond acceptors (Lipinski definition) is 3. The topological polar surface area (TPSA) is 54.5 Å². The molecule has 0 N–H and O–H groups in total. The summed E-state index contributed by atoms with van der Waals surface area (Å²) < 4.78 is 99.5. The smallest absolute Gasteiger partial charge is 0.258 e. The normalized spacial score (nSPS) is 25.7. The molecule has 0 aromatic heterocycles. The number of carbonyl (C=O) groups excluding carboxylic acids is 1. The van der Waals surface area contributed by atoms with Crippen LogP contribution < -0.4 is 0 Å². The van der Waals surface area contributed by atoms with Gasteiger partial charge in [-0.25, -0.2) is 4.59 Å². The molecule has 1 aliphatic heterocycles. The number of unbranched alkanes of at least 4 members (excludes halogenated alkanes) is 1. The number of likely N-dealkylation sites (tertiary alicyclic amines) is 1. The Hall–Kier alpha value is -1.04. The molecule has 1 rings (SSSR count). The Labute approximate surface area is 142 Å².